The van der Waals surface area contributed by atoms with Crippen LogP contribution in [-0.2, 0) is 21.2 Å². The van der Waals surface area contributed by atoms with Gasteiger partial charge in [-0.2, -0.15) is 0 Å². The number of amides is 1. The van der Waals surface area contributed by atoms with E-state index in [1.54, 1.807) is 11.0 Å². The van der Waals surface area contributed by atoms with Gasteiger partial charge in [-0.3, -0.25) is 4.79 Å². The topological polar surface area (TPSA) is 75.7 Å². The number of methoxy groups -OCH3 is 1. The molecule has 6 nitrogen and oxygen atoms in total. The lowest BCUT2D eigenvalue weighted by molar-refractivity contribution is -0.131. The first-order chi connectivity index (χ1) is 10.8. The Hall–Kier alpha value is -1.67. The predicted octanol–water partition coefficient (Wildman–Crippen LogP) is 0.917. The van der Waals surface area contributed by atoms with Gasteiger partial charge in [0, 0.05) is 19.1 Å². The van der Waals surface area contributed by atoms with Crippen molar-refractivity contribution in [2.75, 3.05) is 26.5 Å². The quantitative estimate of drug-likeness (QED) is 0.862. The van der Waals surface area contributed by atoms with Gasteiger partial charge in [-0.05, 0) is 30.5 Å². The largest absolute Gasteiger partial charge is 0.494 e. The summed E-state index contributed by atoms with van der Waals surface area (Å²) >= 11 is 0. The molecule has 1 aromatic rings. The highest BCUT2D eigenvalue weighted by molar-refractivity contribution is 7.88. The van der Waals surface area contributed by atoms with E-state index in [0.717, 1.165) is 12.7 Å². The van der Waals surface area contributed by atoms with Gasteiger partial charge in [-0.1, -0.05) is 6.07 Å². The molecule has 2 rings (SSSR count). The molecule has 0 radical (unpaired) electrons. The molecule has 0 unspecified atom stereocenters. The molecule has 128 valence electrons. The summed E-state index contributed by atoms with van der Waals surface area (Å²) in [7, 11) is -1.92. The number of hydrogen-bond acceptors (Lipinski definition) is 4. The van der Waals surface area contributed by atoms with Crippen molar-refractivity contribution in [3.63, 3.8) is 0 Å². The van der Waals surface area contributed by atoms with Crippen LogP contribution in [-0.4, -0.2) is 51.7 Å². The van der Waals surface area contributed by atoms with Crippen molar-refractivity contribution in [3.05, 3.63) is 29.6 Å². The van der Waals surface area contributed by atoms with Gasteiger partial charge < -0.3 is 9.64 Å². The molecular weight excluding hydrogens is 323 g/mol. The summed E-state index contributed by atoms with van der Waals surface area (Å²) < 4.78 is 43.6. The molecule has 8 heteroatoms. The number of benzene rings is 1. The molecule has 0 spiro atoms. The normalized spacial score (nSPS) is 18.7. The lowest BCUT2D eigenvalue weighted by Gasteiger charge is -2.32. The van der Waals surface area contributed by atoms with Crippen LogP contribution in [0, 0.1) is 5.82 Å². The third-order valence-electron chi connectivity index (χ3n) is 3.73. The van der Waals surface area contributed by atoms with Gasteiger partial charge in [0.2, 0.25) is 15.9 Å². The second kappa shape index (κ2) is 7.27. The second-order valence-corrected chi connectivity index (χ2v) is 7.49. The molecule has 1 fully saturated rings. The number of hydrogen-bond donors (Lipinski definition) is 1. The first-order valence-electron chi connectivity index (χ1n) is 7.36. The fraction of sp³-hybridized carbons (Fsp3) is 0.533. The molecule has 0 bridgehead atoms. The van der Waals surface area contributed by atoms with Gasteiger partial charge in [0.25, 0.3) is 0 Å². The van der Waals surface area contributed by atoms with E-state index in [9.17, 15) is 17.6 Å². The standard InChI is InChI=1S/C15H21FN2O4S/c1-22-14-6-5-11(8-13(14)16)9-15(19)18-7-3-4-12(10-18)17-23(2,20)21/h5-6,8,12,17H,3-4,7,9-10H2,1-2H3/t12-/m0/s1. The molecule has 0 saturated carbocycles. The van der Waals surface area contributed by atoms with E-state index in [-0.39, 0.29) is 24.1 Å². The molecule has 1 aliphatic heterocycles. The second-order valence-electron chi connectivity index (χ2n) is 5.71. The van der Waals surface area contributed by atoms with Crippen molar-refractivity contribution < 1.29 is 22.3 Å². The van der Waals surface area contributed by atoms with E-state index >= 15 is 0 Å². The number of carbonyl (C=O) groups excluding carboxylic acids is 1. The third kappa shape index (κ3) is 5.18. The average molecular weight is 344 g/mol. The van der Waals surface area contributed by atoms with E-state index in [4.69, 9.17) is 4.74 Å². The number of rotatable bonds is 5. The van der Waals surface area contributed by atoms with Gasteiger partial charge in [0.1, 0.15) is 0 Å². The van der Waals surface area contributed by atoms with Crippen molar-refractivity contribution in [1.82, 2.24) is 9.62 Å². The van der Waals surface area contributed by atoms with Crippen LogP contribution in [0.2, 0.25) is 0 Å². The maximum absolute atomic E-state index is 13.7. The lowest BCUT2D eigenvalue weighted by atomic mass is 10.0. The fourth-order valence-electron chi connectivity index (χ4n) is 2.71. The molecule has 1 aromatic carbocycles. The minimum absolute atomic E-state index is 0.0759. The number of piperidine rings is 1. The van der Waals surface area contributed by atoms with Crippen LogP contribution in [0.4, 0.5) is 4.39 Å². The Labute approximate surface area is 135 Å². The molecular formula is C15H21FN2O4S. The van der Waals surface area contributed by atoms with E-state index < -0.39 is 15.8 Å². The summed E-state index contributed by atoms with van der Waals surface area (Å²) in [5, 5.41) is 0. The number of nitrogens with one attached hydrogen (secondary N) is 1. The minimum atomic E-state index is -3.30. The number of carbonyl (C=O) groups is 1. The van der Waals surface area contributed by atoms with Crippen LogP contribution in [0.5, 0.6) is 5.75 Å². The monoisotopic (exact) mass is 344 g/mol. The van der Waals surface area contributed by atoms with Crippen LogP contribution in [0.1, 0.15) is 18.4 Å². The van der Waals surface area contributed by atoms with Crippen molar-refractivity contribution in [2.24, 2.45) is 0 Å². The van der Waals surface area contributed by atoms with Crippen molar-refractivity contribution in [1.29, 1.82) is 0 Å². The summed E-state index contributed by atoms with van der Waals surface area (Å²) in [4.78, 5) is 14.0. The summed E-state index contributed by atoms with van der Waals surface area (Å²) in [6.45, 7) is 0.921. The highest BCUT2D eigenvalue weighted by Crippen LogP contribution is 2.19. The summed E-state index contributed by atoms with van der Waals surface area (Å²) in [5.41, 5.74) is 0.562. The van der Waals surface area contributed by atoms with Crippen LogP contribution < -0.4 is 9.46 Å². The van der Waals surface area contributed by atoms with E-state index in [1.807, 2.05) is 0 Å². The van der Waals surface area contributed by atoms with Crippen LogP contribution in [0.3, 0.4) is 0 Å². The van der Waals surface area contributed by atoms with E-state index in [0.29, 0.717) is 25.1 Å². The molecule has 1 heterocycles. The highest BCUT2D eigenvalue weighted by atomic mass is 32.2. The Morgan fingerprint density at radius 1 is 1.48 bits per heavy atom. The first-order valence-corrected chi connectivity index (χ1v) is 9.25. The first kappa shape index (κ1) is 17.7. The maximum atomic E-state index is 13.7. The Bertz CT molecular complexity index is 678. The van der Waals surface area contributed by atoms with Gasteiger partial charge in [-0.15, -0.1) is 0 Å². The third-order valence-corrected chi connectivity index (χ3v) is 4.49. The Kier molecular flexibility index (Phi) is 5.59. The number of sulfonamides is 1. The Morgan fingerprint density at radius 2 is 2.22 bits per heavy atom. The zero-order valence-corrected chi connectivity index (χ0v) is 14.0. The molecule has 1 N–H and O–H groups in total. The van der Waals surface area contributed by atoms with Gasteiger partial charge in [0.05, 0.1) is 19.8 Å². The zero-order valence-electron chi connectivity index (χ0n) is 13.2. The summed E-state index contributed by atoms with van der Waals surface area (Å²) in [5.74, 6) is -0.515. The van der Waals surface area contributed by atoms with E-state index in [2.05, 4.69) is 4.72 Å². The van der Waals surface area contributed by atoms with Crippen LogP contribution in [0.25, 0.3) is 0 Å². The minimum Gasteiger partial charge on any atom is -0.494 e. The lowest BCUT2D eigenvalue weighted by Crippen LogP contribution is -2.49. The van der Waals surface area contributed by atoms with Crippen molar-refractivity contribution in [2.45, 2.75) is 25.3 Å². The average Bonchev–Trinajstić information content (AvgIpc) is 2.46. The number of halogens is 1. The molecule has 0 aliphatic carbocycles. The van der Waals surface area contributed by atoms with Gasteiger partial charge >= 0.3 is 0 Å². The smallest absolute Gasteiger partial charge is 0.227 e. The number of nitrogens with zero attached hydrogens (tertiary/aromatic N) is 1. The molecule has 1 aliphatic rings. The van der Waals surface area contributed by atoms with E-state index in [1.165, 1.54) is 19.2 Å². The van der Waals surface area contributed by atoms with Crippen LogP contribution >= 0.6 is 0 Å². The van der Waals surface area contributed by atoms with Crippen molar-refractivity contribution >= 4 is 15.9 Å². The van der Waals surface area contributed by atoms with Crippen molar-refractivity contribution in [3.8, 4) is 5.75 Å². The SMILES string of the molecule is COc1ccc(CC(=O)N2CCC[C@H](NS(C)(=O)=O)C2)cc1F. The molecule has 1 saturated heterocycles. The molecule has 23 heavy (non-hydrogen) atoms. The molecule has 1 amide bonds. The number of likely N-dealkylation sites (tertiary alicyclic amines) is 1. The van der Waals surface area contributed by atoms with Crippen LogP contribution in [0.15, 0.2) is 18.2 Å². The molecule has 1 atom stereocenters. The fourth-order valence-corrected chi connectivity index (χ4v) is 3.51. The summed E-state index contributed by atoms with van der Waals surface area (Å²) in [6.07, 6.45) is 2.62. The van der Waals surface area contributed by atoms with Gasteiger partial charge in [0.15, 0.2) is 11.6 Å². The Balaban J connectivity index is 1.98. The Morgan fingerprint density at radius 3 is 2.83 bits per heavy atom. The summed E-state index contributed by atoms with van der Waals surface area (Å²) in [6, 6.07) is 4.15. The number of ether oxygens (including phenoxy) is 1. The van der Waals surface area contributed by atoms with Gasteiger partial charge in [-0.25, -0.2) is 17.5 Å². The maximum Gasteiger partial charge on any atom is 0.227 e. The highest BCUT2D eigenvalue weighted by Gasteiger charge is 2.25. The molecule has 0 aromatic heterocycles. The predicted molar refractivity (Wildman–Crippen MR) is 84.2 cm³/mol. The zero-order chi connectivity index (χ0) is 17.0.